The maximum atomic E-state index is 12.9. The smallest absolute Gasteiger partial charge is 0.274 e. The first-order valence-corrected chi connectivity index (χ1v) is 9.73. The first-order chi connectivity index (χ1) is 14.6. The number of hydrazine groups is 1. The third-order valence-corrected chi connectivity index (χ3v) is 4.87. The van der Waals surface area contributed by atoms with Crippen LogP contribution < -0.4 is 16.0 Å². The quantitative estimate of drug-likeness (QED) is 0.507. The fraction of sp³-hybridized carbons (Fsp3) is 0.125. The van der Waals surface area contributed by atoms with Crippen molar-refractivity contribution in [2.75, 3.05) is 5.01 Å². The third-order valence-electron chi connectivity index (χ3n) is 4.87. The summed E-state index contributed by atoms with van der Waals surface area (Å²) in [6, 6.07) is 26.9. The highest BCUT2D eigenvalue weighted by molar-refractivity contribution is 5.88. The van der Waals surface area contributed by atoms with Crippen molar-refractivity contribution in [2.45, 2.75) is 13.0 Å². The van der Waals surface area contributed by atoms with Gasteiger partial charge in [0, 0.05) is 12.4 Å². The molecular formula is C24H22N4O2. The Labute approximate surface area is 174 Å². The average Bonchev–Trinajstić information content (AvgIpc) is 2.78. The van der Waals surface area contributed by atoms with Gasteiger partial charge in [0.25, 0.3) is 5.56 Å². The minimum absolute atomic E-state index is 0.0623. The number of anilines is 1. The zero-order valence-corrected chi connectivity index (χ0v) is 16.7. The molecule has 0 unspecified atom stereocenters. The van der Waals surface area contributed by atoms with Gasteiger partial charge in [-0.25, -0.2) is 4.68 Å². The Balaban J connectivity index is 1.60. The molecule has 0 aliphatic heterocycles. The number of carbonyl (C=O) groups excluding carboxylic acids is 1. The number of hydrogen-bond donors (Lipinski definition) is 1. The van der Waals surface area contributed by atoms with Gasteiger partial charge in [0.2, 0.25) is 5.91 Å². The van der Waals surface area contributed by atoms with E-state index < -0.39 is 0 Å². The number of hydrogen-bond acceptors (Lipinski definition) is 4. The van der Waals surface area contributed by atoms with Gasteiger partial charge in [0.05, 0.1) is 29.7 Å². The topological polar surface area (TPSA) is 67.2 Å². The van der Waals surface area contributed by atoms with Crippen molar-refractivity contribution in [3.05, 3.63) is 107 Å². The largest absolute Gasteiger partial charge is 0.281 e. The number of carbonyl (C=O) groups is 1. The van der Waals surface area contributed by atoms with Gasteiger partial charge in [0.1, 0.15) is 0 Å². The second-order valence-electron chi connectivity index (χ2n) is 7.04. The maximum absolute atomic E-state index is 12.9. The molecule has 0 spiro atoms. The van der Waals surface area contributed by atoms with Crippen molar-refractivity contribution in [1.82, 2.24) is 15.2 Å². The van der Waals surface area contributed by atoms with Crippen LogP contribution in [0.2, 0.25) is 0 Å². The Bertz CT molecular complexity index is 1220. The molecule has 4 rings (SSSR count). The summed E-state index contributed by atoms with van der Waals surface area (Å²) in [5, 5.41) is 7.41. The fourth-order valence-corrected chi connectivity index (χ4v) is 3.42. The van der Waals surface area contributed by atoms with E-state index in [0.717, 1.165) is 11.3 Å². The molecule has 30 heavy (non-hydrogen) atoms. The average molecular weight is 398 g/mol. The molecule has 0 atom stereocenters. The molecule has 3 aromatic carbocycles. The number of aromatic nitrogens is 2. The van der Waals surface area contributed by atoms with Crippen molar-refractivity contribution < 1.29 is 4.79 Å². The molecule has 0 radical (unpaired) electrons. The predicted octanol–water partition coefficient (Wildman–Crippen LogP) is 3.21. The predicted molar refractivity (Wildman–Crippen MR) is 118 cm³/mol. The number of nitrogens with one attached hydrogen (secondary N) is 1. The van der Waals surface area contributed by atoms with E-state index in [1.807, 2.05) is 83.9 Å². The van der Waals surface area contributed by atoms with Gasteiger partial charge in [0.15, 0.2) is 0 Å². The third kappa shape index (κ3) is 4.22. The summed E-state index contributed by atoms with van der Waals surface area (Å²) < 4.78 is 1.28. The summed E-state index contributed by atoms with van der Waals surface area (Å²) in [5.74, 6) is -0.203. The fourth-order valence-electron chi connectivity index (χ4n) is 3.42. The van der Waals surface area contributed by atoms with Gasteiger partial charge in [-0.1, -0.05) is 66.7 Å². The summed E-state index contributed by atoms with van der Waals surface area (Å²) >= 11 is 0. The Hall–Kier alpha value is -3.93. The molecule has 0 aliphatic rings. The number of para-hydroxylation sites is 1. The first-order valence-electron chi connectivity index (χ1n) is 9.73. The van der Waals surface area contributed by atoms with Crippen LogP contribution in [0.4, 0.5) is 5.69 Å². The number of fused-ring (bicyclic) bond motifs is 1. The standard InChI is InChI=1S/C24H22N4O2/c1-27-24(30)21-15-9-8-14-20(21)22(25-27)16-23(29)26-28(19-12-6-3-7-13-19)17-18-10-4-2-5-11-18/h2-15H,16-17H2,1H3,(H,26,29). The van der Waals surface area contributed by atoms with Crippen LogP contribution in [0.25, 0.3) is 10.8 Å². The summed E-state index contributed by atoms with van der Waals surface area (Å²) in [7, 11) is 1.60. The number of amides is 1. The van der Waals surface area contributed by atoms with Gasteiger partial charge in [-0.2, -0.15) is 5.10 Å². The monoisotopic (exact) mass is 398 g/mol. The lowest BCUT2D eigenvalue weighted by atomic mass is 10.1. The molecule has 6 heteroatoms. The molecule has 0 bridgehead atoms. The van der Waals surface area contributed by atoms with Crippen LogP contribution in [0.3, 0.4) is 0 Å². The Morgan fingerprint density at radius 2 is 1.50 bits per heavy atom. The van der Waals surface area contributed by atoms with E-state index in [2.05, 4.69) is 10.5 Å². The first kappa shape index (κ1) is 19.4. The van der Waals surface area contributed by atoms with Crippen LogP contribution in [0, 0.1) is 0 Å². The molecule has 1 heterocycles. The Morgan fingerprint density at radius 1 is 0.900 bits per heavy atom. The van der Waals surface area contributed by atoms with Crippen molar-refractivity contribution in [2.24, 2.45) is 7.05 Å². The Kier molecular flexibility index (Phi) is 5.57. The van der Waals surface area contributed by atoms with E-state index in [4.69, 9.17) is 0 Å². The summed E-state index contributed by atoms with van der Waals surface area (Å²) in [5.41, 5.74) is 5.35. The van der Waals surface area contributed by atoms with Crippen molar-refractivity contribution in [3.8, 4) is 0 Å². The van der Waals surface area contributed by atoms with E-state index in [-0.39, 0.29) is 17.9 Å². The normalized spacial score (nSPS) is 10.7. The van der Waals surface area contributed by atoms with E-state index >= 15 is 0 Å². The van der Waals surface area contributed by atoms with Crippen molar-refractivity contribution >= 4 is 22.4 Å². The highest BCUT2D eigenvalue weighted by atomic mass is 16.2. The van der Waals surface area contributed by atoms with E-state index in [9.17, 15) is 9.59 Å². The molecule has 1 amide bonds. The van der Waals surface area contributed by atoms with Crippen LogP contribution in [-0.4, -0.2) is 15.7 Å². The molecule has 150 valence electrons. The van der Waals surface area contributed by atoms with E-state index in [1.165, 1.54) is 4.68 Å². The number of aryl methyl sites for hydroxylation is 1. The van der Waals surface area contributed by atoms with Crippen molar-refractivity contribution in [3.63, 3.8) is 0 Å². The second-order valence-corrected chi connectivity index (χ2v) is 7.04. The molecule has 0 saturated carbocycles. The van der Waals surface area contributed by atoms with Gasteiger partial charge in [-0.05, 0) is 23.8 Å². The molecule has 1 aromatic heterocycles. The minimum Gasteiger partial charge on any atom is -0.281 e. The number of benzene rings is 3. The van der Waals surface area contributed by atoms with E-state index in [0.29, 0.717) is 23.0 Å². The molecule has 0 saturated heterocycles. The lowest BCUT2D eigenvalue weighted by molar-refractivity contribution is -0.120. The van der Waals surface area contributed by atoms with Gasteiger partial charge >= 0.3 is 0 Å². The highest BCUT2D eigenvalue weighted by Gasteiger charge is 2.15. The molecule has 4 aromatic rings. The van der Waals surface area contributed by atoms with Crippen LogP contribution in [-0.2, 0) is 24.8 Å². The lowest BCUT2D eigenvalue weighted by Gasteiger charge is -2.25. The molecule has 0 aliphatic carbocycles. The zero-order valence-electron chi connectivity index (χ0n) is 16.7. The van der Waals surface area contributed by atoms with Crippen LogP contribution in [0.15, 0.2) is 89.7 Å². The minimum atomic E-state index is -0.203. The molecule has 6 nitrogen and oxygen atoms in total. The number of nitrogens with zero attached hydrogens (tertiary/aromatic N) is 3. The van der Waals surface area contributed by atoms with Gasteiger partial charge < -0.3 is 0 Å². The zero-order chi connectivity index (χ0) is 20.9. The highest BCUT2D eigenvalue weighted by Crippen LogP contribution is 2.16. The van der Waals surface area contributed by atoms with Crippen LogP contribution in [0.1, 0.15) is 11.3 Å². The summed E-state index contributed by atoms with van der Waals surface area (Å²) in [6.45, 7) is 0.526. The number of rotatable bonds is 6. The lowest BCUT2D eigenvalue weighted by Crippen LogP contribution is -2.43. The molecule has 0 fully saturated rings. The summed E-state index contributed by atoms with van der Waals surface area (Å²) in [6.07, 6.45) is 0.0623. The Morgan fingerprint density at radius 3 is 2.20 bits per heavy atom. The van der Waals surface area contributed by atoms with Crippen molar-refractivity contribution in [1.29, 1.82) is 0 Å². The second kappa shape index (κ2) is 8.61. The molecular weight excluding hydrogens is 376 g/mol. The van der Waals surface area contributed by atoms with Crippen LogP contribution in [0.5, 0.6) is 0 Å². The SMILES string of the molecule is Cn1nc(CC(=O)NN(Cc2ccccc2)c2ccccc2)c2ccccc2c1=O. The van der Waals surface area contributed by atoms with E-state index in [1.54, 1.807) is 13.1 Å². The van der Waals surface area contributed by atoms with Crippen LogP contribution >= 0.6 is 0 Å². The van der Waals surface area contributed by atoms with Gasteiger partial charge in [-0.15, -0.1) is 0 Å². The summed E-state index contributed by atoms with van der Waals surface area (Å²) in [4.78, 5) is 25.3. The maximum Gasteiger partial charge on any atom is 0.274 e. The van der Waals surface area contributed by atoms with Gasteiger partial charge in [-0.3, -0.25) is 20.0 Å². The molecule has 1 N–H and O–H groups in total.